The van der Waals surface area contributed by atoms with Crippen molar-refractivity contribution in [3.8, 4) is 11.5 Å². The van der Waals surface area contributed by atoms with Crippen molar-refractivity contribution in [2.45, 2.75) is 18.9 Å². The molecule has 1 saturated heterocycles. The van der Waals surface area contributed by atoms with Gasteiger partial charge in [0.05, 0.1) is 25.0 Å². The van der Waals surface area contributed by atoms with E-state index in [1.807, 2.05) is 0 Å². The van der Waals surface area contributed by atoms with Crippen LogP contribution in [-0.4, -0.2) is 52.4 Å². The average molecular weight is 319 g/mol. The molecule has 2 N–H and O–H groups in total. The van der Waals surface area contributed by atoms with Gasteiger partial charge in [-0.25, -0.2) is 9.78 Å². The molecule has 1 aromatic carbocycles. The molecule has 0 unspecified atom stereocenters. The number of H-pyrrole nitrogens is 1. The van der Waals surface area contributed by atoms with Crippen LogP contribution >= 0.6 is 0 Å². The number of aromatic nitrogens is 2. The largest absolute Gasteiger partial charge is 0.497 e. The van der Waals surface area contributed by atoms with Crippen LogP contribution in [-0.2, 0) is 0 Å². The summed E-state index contributed by atoms with van der Waals surface area (Å²) < 4.78 is 11.0. The first kappa shape index (κ1) is 15.1. The van der Waals surface area contributed by atoms with Crippen molar-refractivity contribution < 1.29 is 19.4 Å². The van der Waals surface area contributed by atoms with Gasteiger partial charge in [0.15, 0.2) is 0 Å². The molecule has 1 aliphatic heterocycles. The smallest absolute Gasteiger partial charge is 0.407 e. The third-order valence-electron chi connectivity index (χ3n) is 3.97. The van der Waals surface area contributed by atoms with Crippen LogP contribution in [0.25, 0.3) is 10.9 Å². The van der Waals surface area contributed by atoms with Crippen molar-refractivity contribution in [1.29, 1.82) is 0 Å². The van der Waals surface area contributed by atoms with Gasteiger partial charge in [-0.2, -0.15) is 0 Å². The number of nitrogens with one attached hydrogen (secondary N) is 1. The number of hydrogen-bond acceptors (Lipinski definition) is 5. The number of methoxy groups -OCH3 is 1. The monoisotopic (exact) mass is 319 g/mol. The first-order chi connectivity index (χ1) is 11.1. The number of fused-ring (bicyclic) bond motifs is 1. The lowest BCUT2D eigenvalue weighted by Gasteiger charge is -2.22. The van der Waals surface area contributed by atoms with Crippen molar-refractivity contribution in [2.75, 3.05) is 20.3 Å². The van der Waals surface area contributed by atoms with Crippen LogP contribution in [0.15, 0.2) is 23.3 Å². The van der Waals surface area contributed by atoms with E-state index in [1.165, 1.54) is 18.3 Å². The summed E-state index contributed by atoms with van der Waals surface area (Å²) in [5, 5.41) is 9.49. The zero-order valence-electron chi connectivity index (χ0n) is 12.6. The molecule has 1 aromatic heterocycles. The number of hydrogen-bond donors (Lipinski definition) is 2. The predicted molar refractivity (Wildman–Crippen MR) is 82.2 cm³/mol. The Morgan fingerprint density at radius 1 is 1.52 bits per heavy atom. The zero-order valence-corrected chi connectivity index (χ0v) is 12.6. The molecule has 2 aromatic rings. The summed E-state index contributed by atoms with van der Waals surface area (Å²) in [5.41, 5.74) is 0.152. The summed E-state index contributed by atoms with van der Waals surface area (Å²) in [6.45, 7) is 0.688. The summed E-state index contributed by atoms with van der Waals surface area (Å²) in [7, 11) is 1.52. The van der Waals surface area contributed by atoms with Crippen LogP contribution in [0, 0.1) is 0 Å². The summed E-state index contributed by atoms with van der Waals surface area (Å²) in [6.07, 6.45) is 1.91. The Kier molecular flexibility index (Phi) is 4.05. The molecule has 0 bridgehead atoms. The minimum atomic E-state index is -0.953. The number of benzene rings is 1. The van der Waals surface area contributed by atoms with E-state index in [2.05, 4.69) is 9.97 Å². The number of amides is 1. The predicted octanol–water partition coefficient (Wildman–Crippen LogP) is 1.45. The third kappa shape index (κ3) is 2.92. The van der Waals surface area contributed by atoms with Crippen molar-refractivity contribution in [2.24, 2.45) is 0 Å². The third-order valence-corrected chi connectivity index (χ3v) is 3.97. The number of rotatable bonds is 4. The summed E-state index contributed by atoms with van der Waals surface area (Å²) in [5.74, 6) is 0.859. The van der Waals surface area contributed by atoms with Gasteiger partial charge in [0, 0.05) is 18.7 Å². The van der Waals surface area contributed by atoms with Crippen LogP contribution in [0.1, 0.15) is 12.8 Å². The van der Waals surface area contributed by atoms with Gasteiger partial charge in [-0.15, -0.1) is 0 Å². The lowest BCUT2D eigenvalue weighted by atomic mass is 10.2. The lowest BCUT2D eigenvalue weighted by molar-refractivity contribution is 0.123. The molecule has 0 spiro atoms. The van der Waals surface area contributed by atoms with Crippen molar-refractivity contribution in [3.05, 3.63) is 28.8 Å². The first-order valence-corrected chi connectivity index (χ1v) is 7.28. The van der Waals surface area contributed by atoms with E-state index in [1.54, 1.807) is 12.1 Å². The van der Waals surface area contributed by atoms with Crippen molar-refractivity contribution >= 4 is 17.0 Å². The maximum Gasteiger partial charge on any atom is 0.407 e. The highest BCUT2D eigenvalue weighted by Gasteiger charge is 2.29. The van der Waals surface area contributed by atoms with Crippen molar-refractivity contribution in [1.82, 2.24) is 14.9 Å². The second kappa shape index (κ2) is 6.15. The fourth-order valence-electron chi connectivity index (χ4n) is 2.82. The topological polar surface area (TPSA) is 105 Å². The van der Waals surface area contributed by atoms with Gasteiger partial charge >= 0.3 is 6.09 Å². The number of likely N-dealkylation sites (tertiary alicyclic amines) is 1. The van der Waals surface area contributed by atoms with Gasteiger partial charge in [0.25, 0.3) is 5.56 Å². The van der Waals surface area contributed by atoms with E-state index in [-0.39, 0.29) is 18.2 Å². The van der Waals surface area contributed by atoms with E-state index in [4.69, 9.17) is 14.6 Å². The number of nitrogens with zero attached hydrogens (tertiary/aromatic N) is 2. The van der Waals surface area contributed by atoms with Crippen LogP contribution in [0.4, 0.5) is 4.79 Å². The van der Waals surface area contributed by atoms with Crippen LogP contribution in [0.2, 0.25) is 0 Å². The van der Waals surface area contributed by atoms with Gasteiger partial charge in [-0.3, -0.25) is 4.79 Å². The summed E-state index contributed by atoms with van der Waals surface area (Å²) >= 11 is 0. The van der Waals surface area contributed by atoms with E-state index >= 15 is 0 Å². The molecule has 1 aliphatic rings. The van der Waals surface area contributed by atoms with Crippen LogP contribution < -0.4 is 15.0 Å². The van der Waals surface area contributed by atoms with E-state index in [9.17, 15) is 9.59 Å². The quantitative estimate of drug-likeness (QED) is 0.884. The standard InChI is InChI=1S/C15H17N3O5/c1-22-10-5-11-13(14(19)17-8-16-11)12(6-10)23-7-9-3-2-4-18(9)15(20)21/h5-6,8-9H,2-4,7H2,1H3,(H,20,21)(H,16,17,19)/t9-/m1/s1. The molecule has 2 heterocycles. The number of carboxylic acid groups (broad SMARTS) is 1. The molecule has 0 radical (unpaired) electrons. The van der Waals surface area contributed by atoms with Crippen LogP contribution in [0.3, 0.4) is 0 Å². The molecule has 23 heavy (non-hydrogen) atoms. The van der Waals surface area contributed by atoms with E-state index < -0.39 is 6.09 Å². The first-order valence-electron chi connectivity index (χ1n) is 7.28. The number of ether oxygens (including phenoxy) is 2. The summed E-state index contributed by atoms with van der Waals surface area (Å²) in [4.78, 5) is 31.2. The minimum absolute atomic E-state index is 0.183. The second-order valence-corrected chi connectivity index (χ2v) is 5.33. The molecular formula is C15H17N3O5. The molecule has 1 amide bonds. The molecular weight excluding hydrogens is 302 g/mol. The van der Waals surface area contributed by atoms with Gasteiger partial charge in [-0.1, -0.05) is 0 Å². The van der Waals surface area contributed by atoms with Gasteiger partial charge in [0.1, 0.15) is 23.5 Å². The van der Waals surface area contributed by atoms with Crippen LogP contribution in [0.5, 0.6) is 11.5 Å². The Hall–Kier alpha value is -2.77. The fourth-order valence-corrected chi connectivity index (χ4v) is 2.82. The number of aromatic amines is 1. The van der Waals surface area contributed by atoms with Gasteiger partial charge in [-0.05, 0) is 12.8 Å². The van der Waals surface area contributed by atoms with E-state index in [0.717, 1.165) is 12.8 Å². The zero-order chi connectivity index (χ0) is 16.4. The Labute approximate surface area is 131 Å². The fraction of sp³-hybridized carbons (Fsp3) is 0.400. The highest BCUT2D eigenvalue weighted by molar-refractivity contribution is 5.85. The normalized spacial score (nSPS) is 17.4. The minimum Gasteiger partial charge on any atom is -0.497 e. The molecule has 1 fully saturated rings. The molecule has 3 rings (SSSR count). The molecule has 1 atom stereocenters. The average Bonchev–Trinajstić information content (AvgIpc) is 3.01. The Balaban J connectivity index is 1.90. The Morgan fingerprint density at radius 3 is 3.09 bits per heavy atom. The SMILES string of the molecule is COc1cc(OC[C@H]2CCCN2C(=O)O)c2c(=O)[nH]cnc2c1. The Morgan fingerprint density at radius 2 is 2.35 bits per heavy atom. The van der Waals surface area contributed by atoms with Gasteiger partial charge < -0.3 is 24.5 Å². The molecule has 0 aliphatic carbocycles. The number of carbonyl (C=O) groups is 1. The highest BCUT2D eigenvalue weighted by Crippen LogP contribution is 2.28. The maximum atomic E-state index is 12.0. The second-order valence-electron chi connectivity index (χ2n) is 5.33. The molecule has 8 nitrogen and oxygen atoms in total. The maximum absolute atomic E-state index is 12.0. The van der Waals surface area contributed by atoms with Gasteiger partial charge in [0.2, 0.25) is 0 Å². The molecule has 0 saturated carbocycles. The van der Waals surface area contributed by atoms with Crippen molar-refractivity contribution in [3.63, 3.8) is 0 Å². The lowest BCUT2D eigenvalue weighted by Crippen LogP contribution is -2.38. The highest BCUT2D eigenvalue weighted by atomic mass is 16.5. The summed E-state index contributed by atoms with van der Waals surface area (Å²) in [6, 6.07) is 3.04. The molecule has 8 heteroatoms. The van der Waals surface area contributed by atoms with E-state index in [0.29, 0.717) is 28.9 Å². The molecule has 122 valence electrons. The Bertz CT molecular complexity index is 788.